The van der Waals surface area contributed by atoms with Crippen LogP contribution in [0.5, 0.6) is 0 Å². The summed E-state index contributed by atoms with van der Waals surface area (Å²) in [5, 5.41) is 4.55. The molecule has 3 aromatic rings. The fourth-order valence-electron chi connectivity index (χ4n) is 2.46. The zero-order valence-corrected chi connectivity index (χ0v) is 12.3. The van der Waals surface area contributed by atoms with Crippen molar-refractivity contribution in [2.75, 3.05) is 5.73 Å². The third-order valence-electron chi connectivity index (χ3n) is 3.55. The Bertz CT molecular complexity index is 828. The Labute approximate surface area is 129 Å². The maximum Gasteiger partial charge on any atom is 0.270 e. The summed E-state index contributed by atoms with van der Waals surface area (Å²) >= 11 is 0. The SMILES string of the molecule is Cc1cc2c(N)cccc2c(C(=O)NCc2ccccc2)n1. The lowest BCUT2D eigenvalue weighted by Gasteiger charge is -2.10. The van der Waals surface area contributed by atoms with Crippen molar-refractivity contribution in [3.63, 3.8) is 0 Å². The molecule has 0 saturated carbocycles. The molecule has 0 atom stereocenters. The monoisotopic (exact) mass is 291 g/mol. The van der Waals surface area contributed by atoms with Crippen molar-refractivity contribution in [3.8, 4) is 0 Å². The number of nitrogens with one attached hydrogen (secondary N) is 1. The minimum atomic E-state index is -0.192. The predicted molar refractivity (Wildman–Crippen MR) is 88.5 cm³/mol. The van der Waals surface area contributed by atoms with E-state index in [1.807, 2.05) is 61.5 Å². The Balaban J connectivity index is 1.92. The van der Waals surface area contributed by atoms with Gasteiger partial charge >= 0.3 is 0 Å². The number of aryl methyl sites for hydroxylation is 1. The normalized spacial score (nSPS) is 10.6. The quantitative estimate of drug-likeness (QED) is 0.729. The molecule has 4 nitrogen and oxygen atoms in total. The van der Waals surface area contributed by atoms with Gasteiger partial charge < -0.3 is 11.1 Å². The van der Waals surface area contributed by atoms with Gasteiger partial charge in [0.2, 0.25) is 0 Å². The van der Waals surface area contributed by atoms with Crippen molar-refractivity contribution in [2.45, 2.75) is 13.5 Å². The fourth-order valence-corrected chi connectivity index (χ4v) is 2.46. The Morgan fingerprint density at radius 1 is 1.09 bits per heavy atom. The summed E-state index contributed by atoms with van der Waals surface area (Å²) in [7, 11) is 0. The van der Waals surface area contributed by atoms with Crippen LogP contribution in [0.15, 0.2) is 54.6 Å². The van der Waals surface area contributed by atoms with Gasteiger partial charge in [-0.15, -0.1) is 0 Å². The number of anilines is 1. The van der Waals surface area contributed by atoms with Gasteiger partial charge in [-0.2, -0.15) is 0 Å². The van der Waals surface area contributed by atoms with Crippen LogP contribution in [-0.4, -0.2) is 10.9 Å². The van der Waals surface area contributed by atoms with E-state index in [9.17, 15) is 4.79 Å². The highest BCUT2D eigenvalue weighted by Gasteiger charge is 2.13. The first-order chi connectivity index (χ1) is 10.6. The topological polar surface area (TPSA) is 68.0 Å². The van der Waals surface area contributed by atoms with Crippen LogP contribution in [-0.2, 0) is 6.54 Å². The first-order valence-corrected chi connectivity index (χ1v) is 7.13. The maximum atomic E-state index is 12.5. The molecule has 3 N–H and O–H groups in total. The lowest BCUT2D eigenvalue weighted by Crippen LogP contribution is -2.24. The summed E-state index contributed by atoms with van der Waals surface area (Å²) < 4.78 is 0. The van der Waals surface area contributed by atoms with E-state index in [1.54, 1.807) is 0 Å². The second-order valence-electron chi connectivity index (χ2n) is 5.22. The minimum Gasteiger partial charge on any atom is -0.398 e. The number of benzene rings is 2. The number of amides is 1. The Morgan fingerprint density at radius 2 is 1.86 bits per heavy atom. The van der Waals surface area contributed by atoms with Crippen molar-refractivity contribution in [1.29, 1.82) is 0 Å². The number of carbonyl (C=O) groups excluding carboxylic acids is 1. The lowest BCUT2D eigenvalue weighted by molar-refractivity contribution is 0.0947. The molecule has 1 heterocycles. The second kappa shape index (κ2) is 5.85. The molecule has 0 bridgehead atoms. The van der Waals surface area contributed by atoms with Crippen molar-refractivity contribution in [1.82, 2.24) is 10.3 Å². The number of hydrogen-bond donors (Lipinski definition) is 2. The van der Waals surface area contributed by atoms with Crippen LogP contribution in [0, 0.1) is 6.92 Å². The fraction of sp³-hybridized carbons (Fsp3) is 0.111. The van der Waals surface area contributed by atoms with Crippen LogP contribution in [0.3, 0.4) is 0 Å². The molecule has 0 aliphatic heterocycles. The average Bonchev–Trinajstić information content (AvgIpc) is 2.54. The van der Waals surface area contributed by atoms with Crippen LogP contribution in [0.2, 0.25) is 0 Å². The molecule has 0 spiro atoms. The third kappa shape index (κ3) is 2.76. The van der Waals surface area contributed by atoms with Gasteiger partial charge in [-0.05, 0) is 24.6 Å². The van der Waals surface area contributed by atoms with Gasteiger partial charge in [0.25, 0.3) is 5.91 Å². The summed E-state index contributed by atoms with van der Waals surface area (Å²) in [4.78, 5) is 16.9. The van der Waals surface area contributed by atoms with Crippen LogP contribution >= 0.6 is 0 Å². The summed E-state index contributed by atoms with van der Waals surface area (Å²) in [6.07, 6.45) is 0. The maximum absolute atomic E-state index is 12.5. The molecule has 110 valence electrons. The second-order valence-corrected chi connectivity index (χ2v) is 5.22. The summed E-state index contributed by atoms with van der Waals surface area (Å²) in [5.74, 6) is -0.192. The smallest absolute Gasteiger partial charge is 0.270 e. The van der Waals surface area contributed by atoms with Crippen LogP contribution in [0.4, 0.5) is 5.69 Å². The first kappa shape index (κ1) is 14.1. The van der Waals surface area contributed by atoms with E-state index in [2.05, 4.69) is 10.3 Å². The van der Waals surface area contributed by atoms with Crippen LogP contribution < -0.4 is 11.1 Å². The number of nitrogen functional groups attached to an aromatic ring is 1. The number of aromatic nitrogens is 1. The standard InChI is InChI=1S/C18H17N3O/c1-12-10-15-14(8-5-9-16(15)19)17(21-12)18(22)20-11-13-6-3-2-4-7-13/h2-10H,11,19H2,1H3,(H,20,22). The predicted octanol–water partition coefficient (Wildman–Crippen LogP) is 3.06. The molecule has 1 aromatic heterocycles. The van der Waals surface area contributed by atoms with E-state index in [1.165, 1.54) is 0 Å². The third-order valence-corrected chi connectivity index (χ3v) is 3.55. The Kier molecular flexibility index (Phi) is 3.74. The summed E-state index contributed by atoms with van der Waals surface area (Å²) in [6.45, 7) is 2.33. The molecule has 4 heteroatoms. The lowest BCUT2D eigenvalue weighted by atomic mass is 10.1. The van der Waals surface area contributed by atoms with Gasteiger partial charge in [-0.25, -0.2) is 4.98 Å². The molecule has 0 aliphatic rings. The van der Waals surface area contributed by atoms with Crippen LogP contribution in [0.25, 0.3) is 10.8 Å². The molecule has 0 aliphatic carbocycles. The molecule has 2 aromatic carbocycles. The van der Waals surface area contributed by atoms with Gasteiger partial charge in [-0.3, -0.25) is 4.79 Å². The van der Waals surface area contributed by atoms with E-state index in [0.29, 0.717) is 17.9 Å². The van der Waals surface area contributed by atoms with Gasteiger partial charge in [0, 0.05) is 28.7 Å². The van der Waals surface area contributed by atoms with E-state index >= 15 is 0 Å². The highest BCUT2D eigenvalue weighted by Crippen LogP contribution is 2.24. The van der Waals surface area contributed by atoms with Crippen LogP contribution in [0.1, 0.15) is 21.7 Å². The zero-order valence-electron chi connectivity index (χ0n) is 12.3. The average molecular weight is 291 g/mol. The largest absolute Gasteiger partial charge is 0.398 e. The van der Waals surface area contributed by atoms with Crippen molar-refractivity contribution >= 4 is 22.4 Å². The van der Waals surface area contributed by atoms with E-state index in [0.717, 1.165) is 22.0 Å². The number of hydrogen-bond acceptors (Lipinski definition) is 3. The highest BCUT2D eigenvalue weighted by atomic mass is 16.1. The number of fused-ring (bicyclic) bond motifs is 1. The molecule has 0 radical (unpaired) electrons. The minimum absolute atomic E-state index is 0.192. The molecule has 0 fully saturated rings. The van der Waals surface area contributed by atoms with E-state index < -0.39 is 0 Å². The molecular formula is C18H17N3O. The number of rotatable bonds is 3. The van der Waals surface area contributed by atoms with Gasteiger partial charge in [-0.1, -0.05) is 42.5 Å². The van der Waals surface area contributed by atoms with Crippen molar-refractivity contribution in [2.24, 2.45) is 0 Å². The summed E-state index contributed by atoms with van der Waals surface area (Å²) in [5.41, 5.74) is 8.89. The molecule has 3 rings (SSSR count). The van der Waals surface area contributed by atoms with Gasteiger partial charge in [0.05, 0.1) is 0 Å². The number of nitrogens with two attached hydrogens (primary N) is 1. The van der Waals surface area contributed by atoms with E-state index in [-0.39, 0.29) is 5.91 Å². The number of nitrogens with zero attached hydrogens (tertiary/aromatic N) is 1. The molecule has 1 amide bonds. The number of carbonyl (C=O) groups is 1. The Hall–Kier alpha value is -2.88. The van der Waals surface area contributed by atoms with Gasteiger partial charge in [0.1, 0.15) is 5.69 Å². The zero-order chi connectivity index (χ0) is 15.5. The Morgan fingerprint density at radius 3 is 2.64 bits per heavy atom. The van der Waals surface area contributed by atoms with Crippen molar-refractivity contribution < 1.29 is 4.79 Å². The van der Waals surface area contributed by atoms with E-state index in [4.69, 9.17) is 5.73 Å². The summed E-state index contributed by atoms with van der Waals surface area (Å²) in [6, 6.07) is 17.2. The van der Waals surface area contributed by atoms with Gasteiger partial charge in [0.15, 0.2) is 0 Å². The first-order valence-electron chi connectivity index (χ1n) is 7.13. The molecule has 22 heavy (non-hydrogen) atoms. The highest BCUT2D eigenvalue weighted by molar-refractivity contribution is 6.08. The van der Waals surface area contributed by atoms with Crippen molar-refractivity contribution in [3.05, 3.63) is 71.5 Å². The molecule has 0 saturated heterocycles. The molecule has 0 unspecified atom stereocenters. The number of pyridine rings is 1. The molecular weight excluding hydrogens is 274 g/mol.